The van der Waals surface area contributed by atoms with E-state index in [1.165, 1.54) is 23.5 Å². The van der Waals surface area contributed by atoms with Gasteiger partial charge in [0.1, 0.15) is 16.4 Å². The second-order valence-corrected chi connectivity index (χ2v) is 7.71. The maximum absolute atomic E-state index is 13.2. The summed E-state index contributed by atoms with van der Waals surface area (Å²) in [6, 6.07) is 5.45. The summed E-state index contributed by atoms with van der Waals surface area (Å²) in [5, 5.41) is 4.90. The van der Waals surface area contributed by atoms with Crippen LogP contribution in [0.1, 0.15) is 54.8 Å². The van der Waals surface area contributed by atoms with Crippen LogP contribution in [-0.2, 0) is 15.9 Å². The zero-order chi connectivity index (χ0) is 20.0. The fourth-order valence-corrected chi connectivity index (χ4v) is 3.09. The average Bonchev–Trinajstić information content (AvgIpc) is 3.05. The van der Waals surface area contributed by atoms with E-state index in [-0.39, 0.29) is 18.1 Å². The highest BCUT2D eigenvalue weighted by Crippen LogP contribution is 2.24. The zero-order valence-electron chi connectivity index (χ0n) is 15.7. The summed E-state index contributed by atoms with van der Waals surface area (Å²) in [5.41, 5.74) is 0.348. The first kappa shape index (κ1) is 20.8. The number of benzene rings is 1. The first-order chi connectivity index (χ1) is 12.7. The van der Waals surface area contributed by atoms with Crippen LogP contribution in [0.25, 0.3) is 0 Å². The molecular weight excluding hydrogens is 371 g/mol. The van der Waals surface area contributed by atoms with Crippen molar-refractivity contribution in [3.05, 3.63) is 51.7 Å². The molecule has 1 heterocycles. The van der Waals surface area contributed by atoms with Gasteiger partial charge in [-0.2, -0.15) is 0 Å². The molecule has 6 nitrogen and oxygen atoms in total. The molecule has 1 unspecified atom stereocenters. The number of hydrogen-bond donors (Lipinski definition) is 1. The molecule has 27 heavy (non-hydrogen) atoms. The Labute approximate surface area is 161 Å². The number of esters is 1. The molecule has 0 bridgehead atoms. The number of carbonyl (C=O) groups excluding carboxylic acids is 2. The number of carbonyl (C=O) groups is 2. The van der Waals surface area contributed by atoms with Gasteiger partial charge >= 0.3 is 12.1 Å². The Morgan fingerprint density at radius 1 is 1.26 bits per heavy atom. The number of alkyl carbamates (subject to hydrolysis) is 1. The van der Waals surface area contributed by atoms with Crippen LogP contribution in [0.3, 0.4) is 0 Å². The smallest absolute Gasteiger partial charge is 0.408 e. The lowest BCUT2D eigenvalue weighted by Gasteiger charge is -2.23. The topological polar surface area (TPSA) is 77.5 Å². The van der Waals surface area contributed by atoms with E-state index < -0.39 is 23.7 Å². The zero-order valence-corrected chi connectivity index (χ0v) is 16.6. The van der Waals surface area contributed by atoms with E-state index in [9.17, 15) is 14.0 Å². The van der Waals surface area contributed by atoms with Crippen molar-refractivity contribution >= 4 is 23.4 Å². The first-order valence-corrected chi connectivity index (χ1v) is 9.42. The fourth-order valence-electron chi connectivity index (χ4n) is 2.25. The van der Waals surface area contributed by atoms with Gasteiger partial charge in [0.05, 0.1) is 12.6 Å². The maximum Gasteiger partial charge on any atom is 0.408 e. The molecule has 2 aromatic rings. The van der Waals surface area contributed by atoms with E-state index in [1.54, 1.807) is 45.2 Å². The molecule has 1 aromatic heterocycles. The highest BCUT2D eigenvalue weighted by Gasteiger charge is 2.24. The number of hydrogen-bond acceptors (Lipinski definition) is 6. The van der Waals surface area contributed by atoms with Gasteiger partial charge in [0.25, 0.3) is 0 Å². The normalized spacial score (nSPS) is 12.3. The van der Waals surface area contributed by atoms with Gasteiger partial charge in [-0.3, -0.25) is 0 Å². The van der Waals surface area contributed by atoms with Crippen LogP contribution < -0.4 is 5.32 Å². The Kier molecular flexibility index (Phi) is 6.90. The summed E-state index contributed by atoms with van der Waals surface area (Å²) < 4.78 is 23.4. The van der Waals surface area contributed by atoms with Gasteiger partial charge in [-0.05, 0) is 51.8 Å². The van der Waals surface area contributed by atoms with E-state index in [0.717, 1.165) is 5.56 Å². The van der Waals surface area contributed by atoms with Crippen molar-refractivity contribution in [1.82, 2.24) is 10.3 Å². The molecule has 1 aromatic carbocycles. The molecule has 0 saturated carbocycles. The molecule has 1 amide bonds. The number of nitrogens with one attached hydrogen (secondary N) is 1. The molecule has 146 valence electrons. The van der Waals surface area contributed by atoms with Crippen molar-refractivity contribution in [1.29, 1.82) is 0 Å². The lowest BCUT2D eigenvalue weighted by molar-refractivity contribution is 0.0502. The van der Waals surface area contributed by atoms with Crippen molar-refractivity contribution in [2.24, 2.45) is 0 Å². The molecule has 8 heteroatoms. The molecule has 0 aliphatic heterocycles. The third-order valence-electron chi connectivity index (χ3n) is 3.35. The molecular formula is C19H23FN2O4S. The number of amides is 1. The predicted molar refractivity (Wildman–Crippen MR) is 100 cm³/mol. The third-order valence-corrected chi connectivity index (χ3v) is 4.31. The molecule has 0 spiro atoms. The van der Waals surface area contributed by atoms with Gasteiger partial charge in [-0.1, -0.05) is 12.1 Å². The quantitative estimate of drug-likeness (QED) is 0.741. The summed E-state index contributed by atoms with van der Waals surface area (Å²) in [4.78, 5) is 28.4. The highest BCUT2D eigenvalue weighted by atomic mass is 32.1. The Morgan fingerprint density at radius 2 is 1.93 bits per heavy atom. The minimum Gasteiger partial charge on any atom is -0.461 e. The lowest BCUT2D eigenvalue weighted by Crippen LogP contribution is -2.35. The Morgan fingerprint density at radius 3 is 2.52 bits per heavy atom. The second-order valence-electron chi connectivity index (χ2n) is 6.82. The highest BCUT2D eigenvalue weighted by molar-refractivity contribution is 7.09. The number of thiazole rings is 1. The molecule has 0 aliphatic carbocycles. The molecule has 0 radical (unpaired) electrons. The minimum absolute atomic E-state index is 0.187. The summed E-state index contributed by atoms with van der Waals surface area (Å²) in [6.07, 6.45) is -0.225. The van der Waals surface area contributed by atoms with Gasteiger partial charge in [0.15, 0.2) is 5.69 Å². The van der Waals surface area contributed by atoms with Gasteiger partial charge in [0.2, 0.25) is 0 Å². The Balaban J connectivity index is 2.21. The molecule has 0 saturated heterocycles. The SMILES string of the molecule is CCOC(=O)c1csc(C(Cc2ccc(F)cc2)NC(=O)OC(C)(C)C)n1. The summed E-state index contributed by atoms with van der Waals surface area (Å²) in [6.45, 7) is 7.27. The monoisotopic (exact) mass is 394 g/mol. The van der Waals surface area contributed by atoms with Crippen LogP contribution in [0.5, 0.6) is 0 Å². The van der Waals surface area contributed by atoms with E-state index >= 15 is 0 Å². The minimum atomic E-state index is -0.649. The second kappa shape index (κ2) is 8.94. The van der Waals surface area contributed by atoms with Crippen LogP contribution in [-0.4, -0.2) is 29.3 Å². The van der Waals surface area contributed by atoms with Gasteiger partial charge in [-0.15, -0.1) is 11.3 Å². The van der Waals surface area contributed by atoms with Gasteiger partial charge < -0.3 is 14.8 Å². The fraction of sp³-hybridized carbons (Fsp3) is 0.421. The summed E-state index contributed by atoms with van der Waals surface area (Å²) in [5.74, 6) is -0.855. The van der Waals surface area contributed by atoms with Crippen LogP contribution in [0.15, 0.2) is 29.6 Å². The average molecular weight is 394 g/mol. The molecule has 1 atom stereocenters. The standard InChI is InChI=1S/C19H23FN2O4S/c1-5-25-17(23)15-11-27-16(21-15)14(22-18(24)26-19(2,3)4)10-12-6-8-13(20)9-7-12/h6-9,11,14H,5,10H2,1-4H3,(H,22,24). The van der Waals surface area contributed by atoms with Crippen molar-refractivity contribution in [3.63, 3.8) is 0 Å². The number of ether oxygens (including phenoxy) is 2. The number of halogens is 1. The van der Waals surface area contributed by atoms with Crippen molar-refractivity contribution in [2.75, 3.05) is 6.61 Å². The lowest BCUT2D eigenvalue weighted by atomic mass is 10.1. The van der Waals surface area contributed by atoms with Crippen LogP contribution in [0.4, 0.5) is 9.18 Å². The number of aromatic nitrogens is 1. The van der Waals surface area contributed by atoms with E-state index in [2.05, 4.69) is 10.3 Å². The van der Waals surface area contributed by atoms with E-state index in [1.807, 2.05) is 0 Å². The van der Waals surface area contributed by atoms with Crippen LogP contribution in [0, 0.1) is 5.82 Å². The van der Waals surface area contributed by atoms with Crippen molar-refractivity contribution < 1.29 is 23.5 Å². The molecule has 1 N–H and O–H groups in total. The number of rotatable bonds is 6. The van der Waals surface area contributed by atoms with Gasteiger partial charge in [0, 0.05) is 5.38 Å². The van der Waals surface area contributed by atoms with Gasteiger partial charge in [-0.25, -0.2) is 19.0 Å². The Bertz CT molecular complexity index is 784. The summed E-state index contributed by atoms with van der Waals surface area (Å²) in [7, 11) is 0. The van der Waals surface area contributed by atoms with Crippen LogP contribution >= 0.6 is 11.3 Å². The van der Waals surface area contributed by atoms with E-state index in [0.29, 0.717) is 11.4 Å². The van der Waals surface area contributed by atoms with Crippen LogP contribution in [0.2, 0.25) is 0 Å². The maximum atomic E-state index is 13.2. The van der Waals surface area contributed by atoms with E-state index in [4.69, 9.17) is 9.47 Å². The largest absolute Gasteiger partial charge is 0.461 e. The Hall–Kier alpha value is -2.48. The van der Waals surface area contributed by atoms with Crippen molar-refractivity contribution in [3.8, 4) is 0 Å². The molecule has 0 aliphatic rings. The van der Waals surface area contributed by atoms with Crippen molar-refractivity contribution in [2.45, 2.75) is 45.8 Å². The summed E-state index contributed by atoms with van der Waals surface area (Å²) >= 11 is 1.24. The molecule has 2 rings (SSSR count). The molecule has 0 fully saturated rings. The first-order valence-electron chi connectivity index (χ1n) is 8.54. The number of nitrogens with zero attached hydrogens (tertiary/aromatic N) is 1. The predicted octanol–water partition coefficient (Wildman–Crippen LogP) is 4.27. The third kappa shape index (κ3) is 6.63.